The third-order valence-corrected chi connectivity index (χ3v) is 5.96. The Bertz CT molecular complexity index is 830. The number of morpholine rings is 2. The number of carbonyl (C=O) groups excluding carboxylic acids is 2. The molecule has 1 aromatic carbocycles. The second-order valence-electron chi connectivity index (χ2n) is 8.19. The highest BCUT2D eigenvalue weighted by atomic mass is 16.5. The lowest BCUT2D eigenvalue weighted by Gasteiger charge is -2.36. The van der Waals surface area contributed by atoms with Crippen LogP contribution in [0.2, 0.25) is 0 Å². The molecule has 2 heterocycles. The van der Waals surface area contributed by atoms with Crippen LogP contribution in [-0.4, -0.2) is 119 Å². The summed E-state index contributed by atoms with van der Waals surface area (Å²) < 4.78 is 22.1. The normalized spacial score (nSPS) is 18.8. The molecular weight excluding hydrogens is 440 g/mol. The number of carbonyl (C=O) groups is 2. The zero-order chi connectivity index (χ0) is 24.3. The van der Waals surface area contributed by atoms with Gasteiger partial charge in [0.15, 0.2) is 11.5 Å². The molecule has 1 aromatic rings. The Morgan fingerprint density at radius 2 is 1.94 bits per heavy atom. The van der Waals surface area contributed by atoms with Gasteiger partial charge in [0.2, 0.25) is 0 Å². The molecule has 3 amide bonds. The SMILES string of the molecule is C=CCNC(=O)N1CCO[C@H](CN(CCN2CCOCC2)C(=O)c2ccc(OC)c(OC)c2)C1. The van der Waals surface area contributed by atoms with Gasteiger partial charge in [-0.3, -0.25) is 9.69 Å². The lowest BCUT2D eigenvalue weighted by atomic mass is 10.1. The molecule has 0 aliphatic carbocycles. The zero-order valence-electron chi connectivity index (χ0n) is 20.2. The van der Waals surface area contributed by atoms with E-state index in [1.165, 1.54) is 0 Å². The highest BCUT2D eigenvalue weighted by molar-refractivity contribution is 5.95. The van der Waals surface area contributed by atoms with Crippen LogP contribution >= 0.6 is 0 Å². The summed E-state index contributed by atoms with van der Waals surface area (Å²) in [5.74, 6) is 0.946. The minimum absolute atomic E-state index is 0.119. The standard InChI is InChI=1S/C24H36N4O6/c1-4-7-25-24(30)28-12-15-34-20(18-28)17-27(9-8-26-10-13-33-14-11-26)23(29)19-5-6-21(31-2)22(16-19)32-3/h4-6,16,20H,1,7-15,17-18H2,2-3H3,(H,25,30)/t20-/m1/s1. The van der Waals surface area contributed by atoms with Gasteiger partial charge < -0.3 is 34.1 Å². The summed E-state index contributed by atoms with van der Waals surface area (Å²) in [6.07, 6.45) is 1.36. The topological polar surface area (TPSA) is 92.8 Å². The van der Waals surface area contributed by atoms with Crippen molar-refractivity contribution in [1.82, 2.24) is 20.0 Å². The highest BCUT2D eigenvalue weighted by Gasteiger charge is 2.28. The number of hydrogen-bond donors (Lipinski definition) is 1. The van der Waals surface area contributed by atoms with Crippen LogP contribution in [0.4, 0.5) is 4.79 Å². The quantitative estimate of drug-likeness (QED) is 0.505. The Morgan fingerprint density at radius 1 is 1.18 bits per heavy atom. The average Bonchev–Trinajstić information content (AvgIpc) is 2.89. The Hall–Kier alpha value is -2.82. The van der Waals surface area contributed by atoms with E-state index in [1.807, 2.05) is 0 Å². The molecule has 0 unspecified atom stereocenters. The summed E-state index contributed by atoms with van der Waals surface area (Å²) in [5.41, 5.74) is 0.510. The van der Waals surface area contributed by atoms with Crippen LogP contribution in [0.3, 0.4) is 0 Å². The van der Waals surface area contributed by atoms with E-state index in [4.69, 9.17) is 18.9 Å². The predicted octanol–water partition coefficient (Wildman–Crippen LogP) is 1.07. The lowest BCUT2D eigenvalue weighted by Crippen LogP contribution is -2.53. The molecule has 3 rings (SSSR count). The molecule has 2 fully saturated rings. The van der Waals surface area contributed by atoms with Crippen molar-refractivity contribution in [2.45, 2.75) is 6.10 Å². The van der Waals surface area contributed by atoms with Crippen LogP contribution in [0, 0.1) is 0 Å². The molecule has 2 aliphatic heterocycles. The number of benzene rings is 1. The molecule has 1 atom stereocenters. The van der Waals surface area contributed by atoms with Crippen molar-refractivity contribution in [2.24, 2.45) is 0 Å². The van der Waals surface area contributed by atoms with E-state index in [0.717, 1.165) is 19.6 Å². The first-order valence-electron chi connectivity index (χ1n) is 11.6. The average molecular weight is 477 g/mol. The monoisotopic (exact) mass is 476 g/mol. The first-order chi connectivity index (χ1) is 16.5. The maximum atomic E-state index is 13.5. The van der Waals surface area contributed by atoms with Crippen LogP contribution in [0.15, 0.2) is 30.9 Å². The fourth-order valence-electron chi connectivity index (χ4n) is 4.05. The van der Waals surface area contributed by atoms with E-state index in [-0.39, 0.29) is 18.0 Å². The van der Waals surface area contributed by atoms with Gasteiger partial charge in [-0.2, -0.15) is 0 Å². The third-order valence-electron chi connectivity index (χ3n) is 5.96. The largest absolute Gasteiger partial charge is 0.493 e. The molecule has 10 nitrogen and oxygen atoms in total. The van der Waals surface area contributed by atoms with Crippen molar-refractivity contribution < 1.29 is 28.5 Å². The van der Waals surface area contributed by atoms with Crippen molar-refractivity contribution in [3.63, 3.8) is 0 Å². The van der Waals surface area contributed by atoms with Crippen LogP contribution in [-0.2, 0) is 9.47 Å². The number of amides is 3. The summed E-state index contributed by atoms with van der Waals surface area (Å²) in [6, 6.07) is 5.01. The van der Waals surface area contributed by atoms with Gasteiger partial charge in [-0.15, -0.1) is 6.58 Å². The molecule has 0 aromatic heterocycles. The minimum atomic E-state index is -0.281. The van der Waals surface area contributed by atoms with Crippen molar-refractivity contribution >= 4 is 11.9 Å². The van der Waals surface area contributed by atoms with Crippen LogP contribution < -0.4 is 14.8 Å². The first kappa shape index (κ1) is 25.8. The Labute approximate surface area is 201 Å². The number of methoxy groups -OCH3 is 2. The summed E-state index contributed by atoms with van der Waals surface area (Å²) in [7, 11) is 3.11. The van der Waals surface area contributed by atoms with Gasteiger partial charge in [0.1, 0.15) is 0 Å². The van der Waals surface area contributed by atoms with Crippen molar-refractivity contribution in [1.29, 1.82) is 0 Å². The van der Waals surface area contributed by atoms with E-state index in [2.05, 4.69) is 16.8 Å². The number of hydrogen-bond acceptors (Lipinski definition) is 7. The van der Waals surface area contributed by atoms with E-state index in [0.29, 0.717) is 69.6 Å². The van der Waals surface area contributed by atoms with E-state index in [1.54, 1.807) is 48.3 Å². The maximum Gasteiger partial charge on any atom is 0.317 e. The number of rotatable bonds is 10. The third kappa shape index (κ3) is 7.09. The predicted molar refractivity (Wildman–Crippen MR) is 128 cm³/mol. The van der Waals surface area contributed by atoms with Crippen molar-refractivity contribution in [3.8, 4) is 11.5 Å². The van der Waals surface area contributed by atoms with Gasteiger partial charge in [0.05, 0.1) is 46.7 Å². The van der Waals surface area contributed by atoms with Gasteiger partial charge >= 0.3 is 6.03 Å². The molecule has 1 N–H and O–H groups in total. The second-order valence-corrected chi connectivity index (χ2v) is 8.19. The molecule has 0 spiro atoms. The molecule has 0 bridgehead atoms. The number of ether oxygens (including phenoxy) is 4. The molecule has 0 saturated carbocycles. The molecule has 2 saturated heterocycles. The Kier molecular flexibility index (Phi) is 9.99. The Morgan fingerprint density at radius 3 is 2.65 bits per heavy atom. The molecule has 34 heavy (non-hydrogen) atoms. The van der Waals surface area contributed by atoms with Crippen LogP contribution in [0.25, 0.3) is 0 Å². The van der Waals surface area contributed by atoms with Gasteiger partial charge in [0.25, 0.3) is 5.91 Å². The van der Waals surface area contributed by atoms with Crippen LogP contribution in [0.1, 0.15) is 10.4 Å². The number of urea groups is 1. The van der Waals surface area contributed by atoms with Crippen molar-refractivity contribution in [2.75, 3.05) is 86.4 Å². The maximum absolute atomic E-state index is 13.5. The molecule has 0 radical (unpaired) electrons. The van der Waals surface area contributed by atoms with Crippen LogP contribution in [0.5, 0.6) is 11.5 Å². The van der Waals surface area contributed by atoms with E-state index in [9.17, 15) is 9.59 Å². The molecular formula is C24H36N4O6. The minimum Gasteiger partial charge on any atom is -0.493 e. The summed E-state index contributed by atoms with van der Waals surface area (Å²) in [4.78, 5) is 31.7. The lowest BCUT2D eigenvalue weighted by molar-refractivity contribution is -0.0295. The smallest absolute Gasteiger partial charge is 0.317 e. The van der Waals surface area contributed by atoms with Gasteiger partial charge in [-0.25, -0.2) is 4.79 Å². The van der Waals surface area contributed by atoms with E-state index >= 15 is 0 Å². The molecule has 2 aliphatic rings. The molecule has 188 valence electrons. The Balaban J connectivity index is 1.71. The summed E-state index contributed by atoms with van der Waals surface area (Å²) in [6.45, 7) is 10.1. The fourth-order valence-corrected chi connectivity index (χ4v) is 4.05. The zero-order valence-corrected chi connectivity index (χ0v) is 20.2. The molecule has 10 heteroatoms. The number of nitrogens with one attached hydrogen (secondary N) is 1. The van der Waals surface area contributed by atoms with Gasteiger partial charge in [-0.1, -0.05) is 6.08 Å². The summed E-state index contributed by atoms with van der Waals surface area (Å²) >= 11 is 0. The highest BCUT2D eigenvalue weighted by Crippen LogP contribution is 2.28. The number of nitrogens with zero attached hydrogens (tertiary/aromatic N) is 3. The summed E-state index contributed by atoms with van der Waals surface area (Å²) in [5, 5.41) is 2.80. The van der Waals surface area contributed by atoms with Gasteiger partial charge in [0, 0.05) is 51.4 Å². The van der Waals surface area contributed by atoms with Crippen molar-refractivity contribution in [3.05, 3.63) is 36.4 Å². The van der Waals surface area contributed by atoms with E-state index < -0.39 is 0 Å². The fraction of sp³-hybridized carbons (Fsp3) is 0.583. The second kappa shape index (κ2) is 13.2. The van der Waals surface area contributed by atoms with Gasteiger partial charge in [-0.05, 0) is 18.2 Å². The first-order valence-corrected chi connectivity index (χ1v) is 11.6.